The average molecular weight is 226 g/mol. The van der Waals surface area contributed by atoms with Gasteiger partial charge in [-0.05, 0) is 36.5 Å². The molecule has 0 aliphatic rings. The van der Waals surface area contributed by atoms with Crippen molar-refractivity contribution in [1.29, 1.82) is 0 Å². The molecule has 0 bridgehead atoms. The number of hydrogen-bond donors (Lipinski definition) is 0. The summed E-state index contributed by atoms with van der Waals surface area (Å²) in [5, 5.41) is 0. The average Bonchev–Trinajstić information content (AvgIpc) is 2.19. The Morgan fingerprint density at radius 2 is 1.53 bits per heavy atom. The monoisotopic (exact) mass is 226 g/mol. The van der Waals surface area contributed by atoms with E-state index in [2.05, 4.69) is 13.8 Å². The van der Waals surface area contributed by atoms with Crippen molar-refractivity contribution in [3.63, 3.8) is 0 Å². The van der Waals surface area contributed by atoms with Crippen LogP contribution in [0.15, 0.2) is 29.2 Å². The number of hydrogen-bond acceptors (Lipinski definition) is 2. The van der Waals surface area contributed by atoms with Crippen molar-refractivity contribution in [2.24, 2.45) is 0 Å². The van der Waals surface area contributed by atoms with Crippen molar-refractivity contribution in [2.45, 2.75) is 37.5 Å². The molecule has 15 heavy (non-hydrogen) atoms. The maximum absolute atomic E-state index is 11.3. The summed E-state index contributed by atoms with van der Waals surface area (Å²) in [5.74, 6) is 0.540. The van der Waals surface area contributed by atoms with E-state index in [1.54, 1.807) is 12.1 Å². The largest absolute Gasteiger partial charge is 0.224 e. The lowest BCUT2D eigenvalue weighted by molar-refractivity contribution is 0.601. The highest BCUT2D eigenvalue weighted by molar-refractivity contribution is 7.90. The topological polar surface area (TPSA) is 34.1 Å². The van der Waals surface area contributed by atoms with Crippen LogP contribution >= 0.6 is 0 Å². The Morgan fingerprint density at radius 1 is 1.07 bits per heavy atom. The van der Waals surface area contributed by atoms with Gasteiger partial charge in [-0.15, -0.1) is 0 Å². The van der Waals surface area contributed by atoms with E-state index in [0.717, 1.165) is 12.8 Å². The van der Waals surface area contributed by atoms with Gasteiger partial charge in [0.15, 0.2) is 9.84 Å². The molecule has 3 heteroatoms. The highest BCUT2D eigenvalue weighted by Gasteiger charge is 2.09. The Morgan fingerprint density at radius 3 is 1.87 bits per heavy atom. The number of benzene rings is 1. The van der Waals surface area contributed by atoms with Gasteiger partial charge in [-0.2, -0.15) is 0 Å². The third kappa shape index (κ3) is 3.06. The molecule has 0 saturated heterocycles. The predicted molar refractivity (Wildman–Crippen MR) is 62.9 cm³/mol. The highest BCUT2D eigenvalue weighted by Crippen LogP contribution is 2.23. The van der Waals surface area contributed by atoms with Gasteiger partial charge >= 0.3 is 0 Å². The van der Waals surface area contributed by atoms with Crippen LogP contribution in [-0.2, 0) is 9.84 Å². The van der Waals surface area contributed by atoms with Crippen LogP contribution in [0.4, 0.5) is 0 Å². The second kappa shape index (κ2) is 4.79. The zero-order valence-corrected chi connectivity index (χ0v) is 10.3. The van der Waals surface area contributed by atoms with E-state index in [9.17, 15) is 8.42 Å². The van der Waals surface area contributed by atoms with E-state index in [0.29, 0.717) is 10.8 Å². The lowest BCUT2D eigenvalue weighted by Crippen LogP contribution is -1.99. The molecule has 0 amide bonds. The van der Waals surface area contributed by atoms with E-state index in [1.165, 1.54) is 11.8 Å². The molecule has 1 aromatic carbocycles. The maximum atomic E-state index is 11.3. The van der Waals surface area contributed by atoms with Gasteiger partial charge in [0.1, 0.15) is 0 Å². The van der Waals surface area contributed by atoms with Gasteiger partial charge in [-0.3, -0.25) is 0 Å². The molecule has 0 aromatic heterocycles. The summed E-state index contributed by atoms with van der Waals surface area (Å²) in [6.07, 6.45) is 3.42. The third-order valence-electron chi connectivity index (χ3n) is 2.77. The minimum absolute atomic E-state index is 0.400. The van der Waals surface area contributed by atoms with Gasteiger partial charge in [0, 0.05) is 6.26 Å². The van der Waals surface area contributed by atoms with E-state index < -0.39 is 9.84 Å². The first-order chi connectivity index (χ1) is 6.99. The van der Waals surface area contributed by atoms with Crippen LogP contribution in [-0.4, -0.2) is 14.7 Å². The van der Waals surface area contributed by atoms with E-state index in [4.69, 9.17) is 0 Å². The Kier molecular flexibility index (Phi) is 3.91. The molecule has 0 spiro atoms. The minimum atomic E-state index is -3.06. The second-order valence-electron chi connectivity index (χ2n) is 3.85. The molecule has 0 atom stereocenters. The summed E-state index contributed by atoms with van der Waals surface area (Å²) in [6.45, 7) is 4.30. The van der Waals surface area contributed by atoms with Gasteiger partial charge in [-0.1, -0.05) is 26.0 Å². The summed E-state index contributed by atoms with van der Waals surface area (Å²) in [7, 11) is -3.06. The van der Waals surface area contributed by atoms with E-state index in [-0.39, 0.29) is 0 Å². The summed E-state index contributed by atoms with van der Waals surface area (Å²) < 4.78 is 22.5. The standard InChI is InChI=1S/C12H18O2S/c1-4-10(5-2)11-6-8-12(9-7-11)15(3,13)14/h6-10H,4-5H2,1-3H3. The molecule has 0 saturated carbocycles. The lowest BCUT2D eigenvalue weighted by Gasteiger charge is -2.12. The molecule has 0 unspecified atom stereocenters. The summed E-state index contributed by atoms with van der Waals surface area (Å²) in [4.78, 5) is 0.400. The first-order valence-corrected chi connectivity index (χ1v) is 7.18. The van der Waals surface area contributed by atoms with Crippen molar-refractivity contribution < 1.29 is 8.42 Å². The lowest BCUT2D eigenvalue weighted by atomic mass is 9.94. The highest BCUT2D eigenvalue weighted by atomic mass is 32.2. The Labute approximate surface area is 92.2 Å². The van der Waals surface area contributed by atoms with Crippen LogP contribution in [0.5, 0.6) is 0 Å². The zero-order chi connectivity index (χ0) is 11.5. The summed E-state index contributed by atoms with van der Waals surface area (Å²) in [6, 6.07) is 7.24. The van der Waals surface area contributed by atoms with E-state index >= 15 is 0 Å². The molecule has 0 N–H and O–H groups in total. The van der Waals surface area contributed by atoms with Crippen molar-refractivity contribution >= 4 is 9.84 Å². The Hall–Kier alpha value is -0.830. The molecule has 0 heterocycles. The molecular formula is C12H18O2S. The fourth-order valence-electron chi connectivity index (χ4n) is 1.75. The number of rotatable bonds is 4. The fourth-order valence-corrected chi connectivity index (χ4v) is 2.38. The van der Waals surface area contributed by atoms with Crippen LogP contribution in [0, 0.1) is 0 Å². The van der Waals surface area contributed by atoms with Gasteiger partial charge in [0.2, 0.25) is 0 Å². The normalized spacial score (nSPS) is 12.0. The molecule has 0 fully saturated rings. The quantitative estimate of drug-likeness (QED) is 0.791. The van der Waals surface area contributed by atoms with Gasteiger partial charge in [0.05, 0.1) is 4.90 Å². The second-order valence-corrected chi connectivity index (χ2v) is 5.87. The van der Waals surface area contributed by atoms with Crippen LogP contribution in [0.25, 0.3) is 0 Å². The molecule has 2 nitrogen and oxygen atoms in total. The first-order valence-electron chi connectivity index (χ1n) is 5.29. The SMILES string of the molecule is CCC(CC)c1ccc(S(C)(=O)=O)cc1. The molecule has 0 radical (unpaired) electrons. The molecular weight excluding hydrogens is 208 g/mol. The van der Waals surface area contributed by atoms with Gasteiger partial charge < -0.3 is 0 Å². The van der Waals surface area contributed by atoms with Crippen LogP contribution < -0.4 is 0 Å². The summed E-state index contributed by atoms with van der Waals surface area (Å²) in [5.41, 5.74) is 1.23. The first kappa shape index (κ1) is 12.2. The Bertz CT molecular complexity index is 400. The van der Waals surface area contributed by atoms with Crippen LogP contribution in [0.2, 0.25) is 0 Å². The summed E-state index contributed by atoms with van der Waals surface area (Å²) >= 11 is 0. The van der Waals surface area contributed by atoms with Crippen molar-refractivity contribution in [1.82, 2.24) is 0 Å². The molecule has 1 rings (SSSR count). The molecule has 0 aliphatic heterocycles. The predicted octanol–water partition coefficient (Wildman–Crippen LogP) is 2.99. The van der Waals surface area contributed by atoms with Gasteiger partial charge in [-0.25, -0.2) is 8.42 Å². The third-order valence-corrected chi connectivity index (χ3v) is 3.89. The molecule has 0 aliphatic carbocycles. The van der Waals surface area contributed by atoms with Gasteiger partial charge in [0.25, 0.3) is 0 Å². The zero-order valence-electron chi connectivity index (χ0n) is 9.53. The smallest absolute Gasteiger partial charge is 0.175 e. The molecule has 84 valence electrons. The Balaban J connectivity index is 3.00. The maximum Gasteiger partial charge on any atom is 0.175 e. The fraction of sp³-hybridized carbons (Fsp3) is 0.500. The molecule has 1 aromatic rings. The number of sulfone groups is 1. The van der Waals surface area contributed by atoms with Crippen molar-refractivity contribution in [3.05, 3.63) is 29.8 Å². The van der Waals surface area contributed by atoms with Crippen LogP contribution in [0.3, 0.4) is 0 Å². The van der Waals surface area contributed by atoms with Crippen molar-refractivity contribution in [2.75, 3.05) is 6.26 Å². The van der Waals surface area contributed by atoms with Crippen molar-refractivity contribution in [3.8, 4) is 0 Å². The van der Waals surface area contributed by atoms with E-state index in [1.807, 2.05) is 12.1 Å². The van der Waals surface area contributed by atoms with Crippen LogP contribution in [0.1, 0.15) is 38.2 Å². The minimum Gasteiger partial charge on any atom is -0.224 e.